The maximum atomic E-state index is 13.2. The van der Waals surface area contributed by atoms with E-state index in [0.29, 0.717) is 6.42 Å². The second-order valence-corrected chi connectivity index (χ2v) is 6.72. The van der Waals surface area contributed by atoms with Crippen LogP contribution in [0.1, 0.15) is 17.7 Å². The van der Waals surface area contributed by atoms with Crippen molar-refractivity contribution in [2.75, 3.05) is 45.9 Å². The average molecular weight is 394 g/mol. The van der Waals surface area contributed by atoms with E-state index in [4.69, 9.17) is 4.74 Å². The van der Waals surface area contributed by atoms with Crippen LogP contribution in [0.2, 0.25) is 0 Å². The minimum Gasteiger partial charge on any atom is -0.379 e. The van der Waals surface area contributed by atoms with Crippen molar-refractivity contribution >= 4 is 0 Å². The van der Waals surface area contributed by atoms with Crippen LogP contribution in [-0.4, -0.2) is 60.8 Å². The summed E-state index contributed by atoms with van der Waals surface area (Å²) in [7, 11) is 0. The number of morpholine rings is 1. The van der Waals surface area contributed by atoms with Gasteiger partial charge in [0, 0.05) is 43.6 Å². The number of aryl methyl sites for hydroxylation is 1. The van der Waals surface area contributed by atoms with Crippen LogP contribution in [0.3, 0.4) is 0 Å². The molecule has 0 bridgehead atoms. The van der Waals surface area contributed by atoms with Gasteiger partial charge in [-0.05, 0) is 31.5 Å². The number of benzene rings is 1. The molecule has 1 aromatic heterocycles. The molecule has 1 aromatic carbocycles. The van der Waals surface area contributed by atoms with Gasteiger partial charge in [-0.1, -0.05) is 18.2 Å². The number of alkyl halides is 3. The van der Waals surface area contributed by atoms with E-state index in [1.54, 1.807) is 12.1 Å². The minimum absolute atomic E-state index is 0.0143. The van der Waals surface area contributed by atoms with Crippen LogP contribution in [0, 0.1) is 0 Å². The van der Waals surface area contributed by atoms with Crippen molar-refractivity contribution in [3.05, 3.63) is 47.8 Å². The molecule has 1 saturated heterocycles. The number of rotatable bonds is 8. The van der Waals surface area contributed by atoms with Gasteiger partial charge in [-0.15, -0.1) is 0 Å². The third-order valence-electron chi connectivity index (χ3n) is 4.68. The zero-order chi connectivity index (χ0) is 19.8. The summed E-state index contributed by atoms with van der Waals surface area (Å²) >= 11 is 0. The maximum Gasteiger partial charge on any atom is 0.417 e. The summed E-state index contributed by atoms with van der Waals surface area (Å²) in [5.41, 5.74) is 0.0503. The molecule has 8 heteroatoms. The molecule has 152 valence electrons. The van der Waals surface area contributed by atoms with Crippen molar-refractivity contribution in [3.63, 3.8) is 0 Å². The first-order chi connectivity index (χ1) is 13.5. The number of hydrogen-bond acceptors (Lipinski definition) is 5. The standard InChI is InChI=1S/C20H25F3N4O/c21-20(22,23)18-6-2-1-5-17(18)19-25-9-7-16(26-19)4-3-8-24-10-11-27-12-14-28-15-13-27/h1-2,5-7,9,24H,3-4,8,10-15H2. The normalized spacial score (nSPS) is 15.7. The number of ether oxygens (including phenoxy) is 1. The molecule has 2 aromatic rings. The Balaban J connectivity index is 1.49. The van der Waals surface area contributed by atoms with Crippen LogP contribution in [0.25, 0.3) is 11.4 Å². The molecule has 1 aliphatic heterocycles. The second kappa shape index (κ2) is 9.95. The Morgan fingerprint density at radius 3 is 2.64 bits per heavy atom. The van der Waals surface area contributed by atoms with Crippen molar-refractivity contribution in [2.45, 2.75) is 19.0 Å². The van der Waals surface area contributed by atoms with Gasteiger partial charge in [0.05, 0.1) is 18.8 Å². The molecule has 0 radical (unpaired) electrons. The van der Waals surface area contributed by atoms with Crippen molar-refractivity contribution < 1.29 is 17.9 Å². The van der Waals surface area contributed by atoms with E-state index in [-0.39, 0.29) is 11.4 Å². The highest BCUT2D eigenvalue weighted by Crippen LogP contribution is 2.35. The Kier molecular flexibility index (Phi) is 7.36. The van der Waals surface area contributed by atoms with E-state index in [1.807, 2.05) is 0 Å². The van der Waals surface area contributed by atoms with Crippen LogP contribution in [0.4, 0.5) is 13.2 Å². The largest absolute Gasteiger partial charge is 0.417 e. The third-order valence-corrected chi connectivity index (χ3v) is 4.68. The fraction of sp³-hybridized carbons (Fsp3) is 0.500. The monoisotopic (exact) mass is 394 g/mol. The summed E-state index contributed by atoms with van der Waals surface area (Å²) in [5.74, 6) is 0.116. The number of nitrogens with one attached hydrogen (secondary N) is 1. The third kappa shape index (κ3) is 5.98. The summed E-state index contributed by atoms with van der Waals surface area (Å²) in [6.45, 7) is 6.29. The molecule has 1 fully saturated rings. The molecule has 1 N–H and O–H groups in total. The number of aromatic nitrogens is 2. The van der Waals surface area contributed by atoms with Crippen molar-refractivity contribution in [1.29, 1.82) is 0 Å². The van der Waals surface area contributed by atoms with Gasteiger partial charge in [0.2, 0.25) is 0 Å². The van der Waals surface area contributed by atoms with Crippen LogP contribution in [-0.2, 0) is 17.3 Å². The quantitative estimate of drug-likeness (QED) is 0.698. The number of nitrogens with zero attached hydrogens (tertiary/aromatic N) is 3. The molecule has 0 saturated carbocycles. The fourth-order valence-corrected chi connectivity index (χ4v) is 3.17. The van der Waals surface area contributed by atoms with E-state index in [2.05, 4.69) is 20.2 Å². The predicted molar refractivity (Wildman–Crippen MR) is 101 cm³/mol. The highest BCUT2D eigenvalue weighted by Gasteiger charge is 2.34. The Hall–Kier alpha value is -2.03. The van der Waals surface area contributed by atoms with Crippen molar-refractivity contribution in [2.24, 2.45) is 0 Å². The second-order valence-electron chi connectivity index (χ2n) is 6.72. The smallest absolute Gasteiger partial charge is 0.379 e. The SMILES string of the molecule is FC(F)(F)c1ccccc1-c1nccc(CCCNCCN2CCOCC2)n1. The van der Waals surface area contributed by atoms with Gasteiger partial charge in [-0.2, -0.15) is 13.2 Å². The first kappa shape index (κ1) is 20.7. The highest BCUT2D eigenvalue weighted by molar-refractivity contribution is 5.61. The maximum absolute atomic E-state index is 13.2. The summed E-state index contributed by atoms with van der Waals surface area (Å²) in [5, 5.41) is 3.40. The molecule has 28 heavy (non-hydrogen) atoms. The number of hydrogen-bond donors (Lipinski definition) is 1. The Bertz CT molecular complexity index is 748. The van der Waals surface area contributed by atoms with E-state index >= 15 is 0 Å². The lowest BCUT2D eigenvalue weighted by Crippen LogP contribution is -2.40. The van der Waals surface area contributed by atoms with Crippen molar-refractivity contribution in [1.82, 2.24) is 20.2 Å². The highest BCUT2D eigenvalue weighted by atomic mass is 19.4. The lowest BCUT2D eigenvalue weighted by Gasteiger charge is -2.26. The zero-order valence-corrected chi connectivity index (χ0v) is 15.7. The summed E-state index contributed by atoms with van der Waals surface area (Å²) in [6, 6.07) is 7.17. The van der Waals surface area contributed by atoms with E-state index in [9.17, 15) is 13.2 Å². The summed E-state index contributed by atoms with van der Waals surface area (Å²) in [4.78, 5) is 10.8. The lowest BCUT2D eigenvalue weighted by atomic mass is 10.1. The molecular formula is C20H25F3N4O. The van der Waals surface area contributed by atoms with Crippen LogP contribution in [0.15, 0.2) is 36.5 Å². The van der Waals surface area contributed by atoms with Gasteiger partial charge >= 0.3 is 6.18 Å². The molecule has 0 aliphatic carbocycles. The van der Waals surface area contributed by atoms with Gasteiger partial charge in [-0.3, -0.25) is 4.90 Å². The van der Waals surface area contributed by atoms with Crippen LogP contribution >= 0.6 is 0 Å². The number of halogens is 3. The Labute approximate surface area is 162 Å². The molecule has 0 amide bonds. The van der Waals surface area contributed by atoms with Gasteiger partial charge in [0.25, 0.3) is 0 Å². The van der Waals surface area contributed by atoms with Gasteiger partial charge in [0.15, 0.2) is 5.82 Å². The van der Waals surface area contributed by atoms with Crippen LogP contribution in [0.5, 0.6) is 0 Å². The van der Waals surface area contributed by atoms with Gasteiger partial charge in [-0.25, -0.2) is 9.97 Å². The molecule has 1 aliphatic rings. The first-order valence-corrected chi connectivity index (χ1v) is 9.53. The zero-order valence-electron chi connectivity index (χ0n) is 15.7. The first-order valence-electron chi connectivity index (χ1n) is 9.53. The molecule has 5 nitrogen and oxygen atoms in total. The predicted octanol–water partition coefficient (Wildman–Crippen LogP) is 3.02. The summed E-state index contributed by atoms with van der Waals surface area (Å²) < 4.78 is 45.0. The molecule has 0 atom stereocenters. The molecular weight excluding hydrogens is 369 g/mol. The minimum atomic E-state index is -4.43. The topological polar surface area (TPSA) is 50.3 Å². The Morgan fingerprint density at radius 2 is 1.86 bits per heavy atom. The molecule has 2 heterocycles. The van der Waals surface area contributed by atoms with Crippen molar-refractivity contribution in [3.8, 4) is 11.4 Å². The van der Waals surface area contributed by atoms with Gasteiger partial charge in [0.1, 0.15) is 0 Å². The average Bonchev–Trinajstić information content (AvgIpc) is 2.71. The van der Waals surface area contributed by atoms with E-state index in [1.165, 1.54) is 18.3 Å². The lowest BCUT2D eigenvalue weighted by molar-refractivity contribution is -0.137. The summed E-state index contributed by atoms with van der Waals surface area (Å²) in [6.07, 6.45) is -1.36. The Morgan fingerprint density at radius 1 is 1.07 bits per heavy atom. The fourth-order valence-electron chi connectivity index (χ4n) is 3.17. The molecule has 0 spiro atoms. The van der Waals surface area contributed by atoms with Gasteiger partial charge < -0.3 is 10.1 Å². The molecule has 0 unspecified atom stereocenters. The van der Waals surface area contributed by atoms with Crippen LogP contribution < -0.4 is 5.32 Å². The van der Waals surface area contributed by atoms with E-state index < -0.39 is 11.7 Å². The molecule has 3 rings (SSSR count). The van der Waals surface area contributed by atoms with E-state index in [0.717, 1.165) is 64.1 Å².